The van der Waals surface area contributed by atoms with Gasteiger partial charge in [0.05, 0.1) is 0 Å². The molecule has 21 heavy (non-hydrogen) atoms. The third-order valence-corrected chi connectivity index (χ3v) is 3.35. The zero-order chi connectivity index (χ0) is 16.0. The summed E-state index contributed by atoms with van der Waals surface area (Å²) >= 11 is 0. The van der Waals surface area contributed by atoms with E-state index in [4.69, 9.17) is 0 Å². The van der Waals surface area contributed by atoms with Crippen molar-refractivity contribution in [1.29, 1.82) is 0 Å². The molecule has 0 aliphatic heterocycles. The molecule has 0 bridgehead atoms. The smallest absolute Gasteiger partial charge is 0.326 e. The van der Waals surface area contributed by atoms with E-state index >= 15 is 0 Å². The molecule has 6 nitrogen and oxygen atoms in total. The number of hydrogen-bond acceptors (Lipinski definition) is 3. The first-order chi connectivity index (χ1) is 9.69. The maximum atomic E-state index is 11.9. The Morgan fingerprint density at radius 1 is 1.43 bits per heavy atom. The monoisotopic (exact) mass is 295 g/mol. The molecule has 0 aliphatic carbocycles. The third-order valence-electron chi connectivity index (χ3n) is 3.35. The molecule has 1 amide bonds. The number of carboxylic acid groups (broad SMARTS) is 1. The van der Waals surface area contributed by atoms with Crippen LogP contribution in [0, 0.1) is 5.41 Å². The summed E-state index contributed by atoms with van der Waals surface area (Å²) in [5, 5.41) is 15.8. The van der Waals surface area contributed by atoms with Crippen molar-refractivity contribution in [3.63, 3.8) is 0 Å². The maximum Gasteiger partial charge on any atom is 0.326 e. The summed E-state index contributed by atoms with van der Waals surface area (Å²) in [4.78, 5) is 23.1. The fourth-order valence-electron chi connectivity index (χ4n) is 1.99. The van der Waals surface area contributed by atoms with Gasteiger partial charge in [0.2, 0.25) is 5.91 Å². The number of hydrogen-bond donors (Lipinski definition) is 2. The second kappa shape index (κ2) is 7.24. The van der Waals surface area contributed by atoms with Crippen molar-refractivity contribution in [3.8, 4) is 0 Å². The van der Waals surface area contributed by atoms with Crippen LogP contribution in [0.15, 0.2) is 12.3 Å². The highest BCUT2D eigenvalue weighted by Crippen LogP contribution is 2.21. The lowest BCUT2D eigenvalue weighted by molar-refractivity contribution is -0.142. The van der Waals surface area contributed by atoms with Gasteiger partial charge < -0.3 is 10.4 Å². The molecule has 0 fully saturated rings. The lowest BCUT2D eigenvalue weighted by Crippen LogP contribution is -2.41. The third kappa shape index (κ3) is 6.42. The van der Waals surface area contributed by atoms with Crippen LogP contribution < -0.4 is 5.32 Å². The van der Waals surface area contributed by atoms with Gasteiger partial charge in [0.1, 0.15) is 6.04 Å². The lowest BCUT2D eigenvalue weighted by Gasteiger charge is -2.21. The summed E-state index contributed by atoms with van der Waals surface area (Å²) in [6.07, 6.45) is 3.67. The van der Waals surface area contributed by atoms with Crippen molar-refractivity contribution in [3.05, 3.63) is 18.0 Å². The van der Waals surface area contributed by atoms with Gasteiger partial charge in [-0.1, -0.05) is 20.8 Å². The predicted octanol–water partition coefficient (Wildman–Crippen LogP) is 1.75. The van der Waals surface area contributed by atoms with E-state index in [1.54, 1.807) is 10.9 Å². The first-order valence-corrected chi connectivity index (χ1v) is 7.18. The standard InChI is InChI=1S/C15H25N3O3/c1-15(2,3)9-7-12(14(20)21)17-13(19)6-5-11-8-10-16-18(11)4/h8,10,12H,5-7,9H2,1-4H3,(H,17,19)(H,20,21). The van der Waals surface area contributed by atoms with Crippen molar-refractivity contribution in [2.45, 2.75) is 52.5 Å². The number of carboxylic acids is 1. The van der Waals surface area contributed by atoms with E-state index in [0.29, 0.717) is 12.8 Å². The van der Waals surface area contributed by atoms with Crippen LogP contribution in [0.2, 0.25) is 0 Å². The molecule has 6 heteroatoms. The van der Waals surface area contributed by atoms with E-state index in [1.165, 1.54) is 0 Å². The van der Waals surface area contributed by atoms with Crippen LogP contribution in [-0.2, 0) is 23.1 Å². The number of aryl methyl sites for hydroxylation is 2. The van der Waals surface area contributed by atoms with Crippen LogP contribution in [0.25, 0.3) is 0 Å². The van der Waals surface area contributed by atoms with Crippen LogP contribution in [0.5, 0.6) is 0 Å². The van der Waals surface area contributed by atoms with Crippen molar-refractivity contribution in [1.82, 2.24) is 15.1 Å². The highest BCUT2D eigenvalue weighted by Gasteiger charge is 2.22. The topological polar surface area (TPSA) is 84.2 Å². The normalized spacial score (nSPS) is 13.0. The first kappa shape index (κ1) is 17.2. The molecule has 2 N–H and O–H groups in total. The molecule has 118 valence electrons. The van der Waals surface area contributed by atoms with Crippen LogP contribution in [0.1, 0.15) is 45.7 Å². The Hall–Kier alpha value is -1.85. The predicted molar refractivity (Wildman–Crippen MR) is 79.8 cm³/mol. The largest absolute Gasteiger partial charge is 0.480 e. The number of nitrogens with zero attached hydrogens (tertiary/aromatic N) is 2. The van der Waals surface area contributed by atoms with Gasteiger partial charge in [-0.25, -0.2) is 4.79 Å². The van der Waals surface area contributed by atoms with E-state index < -0.39 is 12.0 Å². The summed E-state index contributed by atoms with van der Waals surface area (Å²) in [5.74, 6) is -1.22. The highest BCUT2D eigenvalue weighted by molar-refractivity contribution is 5.83. The number of aliphatic carboxylic acids is 1. The van der Waals surface area contributed by atoms with Gasteiger partial charge in [0.15, 0.2) is 0 Å². The number of aromatic nitrogens is 2. The second-order valence-electron chi connectivity index (χ2n) is 6.50. The zero-order valence-corrected chi connectivity index (χ0v) is 13.2. The molecule has 0 radical (unpaired) electrons. The van der Waals surface area contributed by atoms with Gasteiger partial charge in [-0.15, -0.1) is 0 Å². The summed E-state index contributed by atoms with van der Waals surface area (Å²) in [5.41, 5.74) is 0.999. The number of carbonyl (C=O) groups excluding carboxylic acids is 1. The average Bonchev–Trinajstić information content (AvgIpc) is 2.76. The van der Waals surface area contributed by atoms with Crippen LogP contribution >= 0.6 is 0 Å². The molecule has 1 atom stereocenters. The molecule has 0 spiro atoms. The Kier molecular flexibility index (Phi) is 5.93. The van der Waals surface area contributed by atoms with Gasteiger partial charge in [-0.2, -0.15) is 5.10 Å². The van der Waals surface area contributed by atoms with Gasteiger partial charge in [0.25, 0.3) is 0 Å². The van der Waals surface area contributed by atoms with Gasteiger partial charge >= 0.3 is 5.97 Å². The van der Waals surface area contributed by atoms with Gasteiger partial charge in [-0.05, 0) is 30.7 Å². The molecule has 1 unspecified atom stereocenters. The Bertz CT molecular complexity index is 489. The Balaban J connectivity index is 2.45. The van der Waals surface area contributed by atoms with Crippen molar-refractivity contribution >= 4 is 11.9 Å². The van der Waals surface area contributed by atoms with Crippen LogP contribution in [-0.4, -0.2) is 32.8 Å². The Labute approximate surface area is 125 Å². The minimum atomic E-state index is -0.979. The first-order valence-electron chi connectivity index (χ1n) is 7.18. The molecule has 0 aliphatic rings. The zero-order valence-electron chi connectivity index (χ0n) is 13.2. The Morgan fingerprint density at radius 3 is 2.57 bits per heavy atom. The number of amides is 1. The van der Waals surface area contributed by atoms with E-state index in [2.05, 4.69) is 31.2 Å². The molecule has 1 aromatic rings. The minimum Gasteiger partial charge on any atom is -0.480 e. The summed E-state index contributed by atoms with van der Waals surface area (Å²) < 4.78 is 1.71. The van der Waals surface area contributed by atoms with E-state index in [9.17, 15) is 14.7 Å². The van der Waals surface area contributed by atoms with E-state index in [-0.39, 0.29) is 17.7 Å². The minimum absolute atomic E-state index is 0.0487. The van der Waals surface area contributed by atoms with Crippen LogP contribution in [0.4, 0.5) is 0 Å². The number of rotatable bonds is 7. The molecule has 0 aromatic carbocycles. The van der Waals surface area contributed by atoms with E-state index in [1.807, 2.05) is 13.1 Å². The molecule has 0 saturated carbocycles. The second-order valence-corrected chi connectivity index (χ2v) is 6.50. The lowest BCUT2D eigenvalue weighted by atomic mass is 9.88. The quantitative estimate of drug-likeness (QED) is 0.802. The number of nitrogens with one attached hydrogen (secondary N) is 1. The molecule has 1 aromatic heterocycles. The fraction of sp³-hybridized carbons (Fsp3) is 0.667. The molecule has 1 heterocycles. The molecule has 1 rings (SSSR count). The van der Waals surface area contributed by atoms with Crippen molar-refractivity contribution in [2.75, 3.05) is 0 Å². The Morgan fingerprint density at radius 2 is 2.10 bits per heavy atom. The van der Waals surface area contributed by atoms with Gasteiger partial charge in [0, 0.05) is 25.4 Å². The van der Waals surface area contributed by atoms with Crippen LogP contribution in [0.3, 0.4) is 0 Å². The van der Waals surface area contributed by atoms with E-state index in [0.717, 1.165) is 12.1 Å². The summed E-state index contributed by atoms with van der Waals surface area (Å²) in [7, 11) is 1.82. The SMILES string of the molecule is Cn1nccc1CCC(=O)NC(CCC(C)(C)C)C(=O)O. The van der Waals surface area contributed by atoms with Crippen molar-refractivity contribution in [2.24, 2.45) is 12.5 Å². The average molecular weight is 295 g/mol. The van der Waals surface area contributed by atoms with Crippen molar-refractivity contribution < 1.29 is 14.7 Å². The molecule has 0 saturated heterocycles. The highest BCUT2D eigenvalue weighted by atomic mass is 16.4. The molecular formula is C15H25N3O3. The summed E-state index contributed by atoms with van der Waals surface area (Å²) in [6.45, 7) is 6.16. The number of carbonyl (C=O) groups is 2. The fourth-order valence-corrected chi connectivity index (χ4v) is 1.99. The summed E-state index contributed by atoms with van der Waals surface area (Å²) in [6, 6.07) is 1.03. The van der Waals surface area contributed by atoms with Gasteiger partial charge in [-0.3, -0.25) is 9.48 Å². The molecular weight excluding hydrogens is 270 g/mol. The maximum absolute atomic E-state index is 11.9.